The summed E-state index contributed by atoms with van der Waals surface area (Å²) in [4.78, 5) is 10.5. The fraction of sp³-hybridized carbons (Fsp3) is 0.0303. The molecule has 324 valence electrons. The van der Waals surface area contributed by atoms with E-state index < -0.39 is 10.8 Å². The van der Waals surface area contributed by atoms with Gasteiger partial charge >= 0.3 is 0 Å². The summed E-state index contributed by atoms with van der Waals surface area (Å²) in [6.07, 6.45) is 3.94. The van der Waals surface area contributed by atoms with Crippen LogP contribution in [0.5, 0.6) is 11.5 Å². The largest absolute Gasteiger partial charge is 0.457 e. The number of pyridine rings is 2. The van der Waals surface area contributed by atoms with E-state index in [2.05, 4.69) is 229 Å². The first-order chi connectivity index (χ1) is 34.7. The molecule has 1 atom stereocenters. The third-order valence-electron chi connectivity index (χ3n) is 16.0. The van der Waals surface area contributed by atoms with Crippen LogP contribution in [0.3, 0.4) is 0 Å². The molecule has 0 saturated heterocycles. The van der Waals surface area contributed by atoms with Crippen LogP contribution in [0, 0.1) is 0 Å². The molecule has 2 spiro atoms. The van der Waals surface area contributed by atoms with Crippen LogP contribution in [0.2, 0.25) is 0 Å². The highest BCUT2D eigenvalue weighted by Crippen LogP contribution is 2.67. The maximum absolute atomic E-state index is 7.22. The van der Waals surface area contributed by atoms with Crippen molar-refractivity contribution in [1.82, 2.24) is 14.5 Å². The summed E-state index contributed by atoms with van der Waals surface area (Å²) in [5.41, 5.74) is 23.1. The maximum Gasteiger partial charge on any atom is 0.132 e. The summed E-state index contributed by atoms with van der Waals surface area (Å²) in [6.45, 7) is 0. The molecule has 0 fully saturated rings. The van der Waals surface area contributed by atoms with Crippen LogP contribution >= 0.6 is 0 Å². The van der Waals surface area contributed by atoms with Crippen LogP contribution in [0.4, 0.5) is 0 Å². The lowest BCUT2D eigenvalue weighted by Crippen LogP contribution is -2.33. The van der Waals surface area contributed by atoms with Gasteiger partial charge in [0.15, 0.2) is 0 Å². The summed E-state index contributed by atoms with van der Waals surface area (Å²) < 4.78 is 9.60. The molecule has 3 aliphatic carbocycles. The quantitative estimate of drug-likeness (QED) is 0.177. The number of nitrogens with zero attached hydrogens (tertiary/aromatic N) is 3. The van der Waals surface area contributed by atoms with Gasteiger partial charge in [0.25, 0.3) is 0 Å². The van der Waals surface area contributed by atoms with Gasteiger partial charge in [-0.15, -0.1) is 0 Å². The zero-order valence-corrected chi connectivity index (χ0v) is 37.8. The van der Waals surface area contributed by atoms with Crippen LogP contribution in [0.25, 0.3) is 83.4 Å². The monoisotopic (exact) mass is 889 g/mol. The van der Waals surface area contributed by atoms with Crippen molar-refractivity contribution in [3.05, 3.63) is 281 Å². The first-order valence-corrected chi connectivity index (χ1v) is 24.1. The molecule has 0 N–H and O–H groups in total. The maximum atomic E-state index is 7.22. The molecule has 70 heavy (non-hydrogen) atoms. The standard InChI is InChI=1S/C66H39N3O/c1-6-25-51-45(20-1)46-21-2-7-26-52(46)65(51)53-27-8-3-22-47(53)50-37-57-62(38-56(50)65)70-61-32-12-9-28-54(61)66(57)55-29-15-33-67-63(55)64-58(66)36-43(39-68-64)41-17-13-16-40(34-41)42-18-14-19-44(35-42)69-59-30-10-4-23-48(59)49-24-5-11-31-60(49)69/h1-39H. The first-order valence-electron chi connectivity index (χ1n) is 24.1. The molecular weight excluding hydrogens is 851 g/mol. The summed E-state index contributed by atoms with van der Waals surface area (Å²) in [5, 5.41) is 2.51. The third kappa shape index (κ3) is 4.70. The highest BCUT2D eigenvalue weighted by molar-refractivity contribution is 6.09. The van der Waals surface area contributed by atoms with Crippen molar-refractivity contribution in [2.24, 2.45) is 0 Å². The highest BCUT2D eigenvalue weighted by atomic mass is 16.5. The van der Waals surface area contributed by atoms with Crippen LogP contribution in [0.15, 0.2) is 237 Å². The minimum absolute atomic E-state index is 0.503. The van der Waals surface area contributed by atoms with Crippen LogP contribution in [0.1, 0.15) is 44.5 Å². The predicted octanol–water partition coefficient (Wildman–Crippen LogP) is 15.7. The molecular formula is C66H39N3O. The second-order valence-electron chi connectivity index (χ2n) is 19.1. The van der Waals surface area contributed by atoms with Crippen molar-refractivity contribution in [2.75, 3.05) is 0 Å². The average molecular weight is 890 g/mol. The van der Waals surface area contributed by atoms with Gasteiger partial charge in [-0.25, -0.2) is 0 Å². The van der Waals surface area contributed by atoms with Crippen molar-refractivity contribution in [3.8, 4) is 73.1 Å². The second-order valence-corrected chi connectivity index (χ2v) is 19.1. The molecule has 9 aromatic carbocycles. The number of benzene rings is 9. The molecule has 12 aromatic rings. The summed E-state index contributed by atoms with van der Waals surface area (Å²) in [7, 11) is 0. The summed E-state index contributed by atoms with van der Waals surface area (Å²) in [5.74, 6) is 1.69. The number of ether oxygens (including phenoxy) is 1. The van der Waals surface area contributed by atoms with Gasteiger partial charge in [0.1, 0.15) is 11.5 Å². The molecule has 1 unspecified atom stereocenters. The van der Waals surface area contributed by atoms with E-state index in [9.17, 15) is 0 Å². The smallest absolute Gasteiger partial charge is 0.132 e. The number of hydrogen-bond acceptors (Lipinski definition) is 3. The van der Waals surface area contributed by atoms with Crippen LogP contribution in [-0.4, -0.2) is 14.5 Å². The van der Waals surface area contributed by atoms with Gasteiger partial charge in [0.05, 0.1) is 33.3 Å². The minimum Gasteiger partial charge on any atom is -0.457 e. The molecule has 4 nitrogen and oxygen atoms in total. The number of hydrogen-bond donors (Lipinski definition) is 0. The lowest BCUT2D eigenvalue weighted by atomic mass is 9.65. The topological polar surface area (TPSA) is 39.9 Å². The Kier molecular flexibility index (Phi) is 7.45. The number of fused-ring (bicyclic) bond motifs is 22. The van der Waals surface area contributed by atoms with E-state index in [0.29, 0.717) is 0 Å². The normalized spacial score (nSPS) is 15.7. The van der Waals surface area contributed by atoms with E-state index in [1.807, 2.05) is 12.4 Å². The van der Waals surface area contributed by atoms with E-state index in [1.165, 1.54) is 66.3 Å². The Morgan fingerprint density at radius 1 is 0.329 bits per heavy atom. The van der Waals surface area contributed by atoms with Crippen molar-refractivity contribution in [2.45, 2.75) is 10.8 Å². The lowest BCUT2D eigenvalue weighted by Gasteiger charge is -2.40. The predicted molar refractivity (Wildman–Crippen MR) is 281 cm³/mol. The van der Waals surface area contributed by atoms with Crippen LogP contribution < -0.4 is 4.74 Å². The molecule has 0 radical (unpaired) electrons. The lowest BCUT2D eigenvalue weighted by molar-refractivity contribution is 0.435. The van der Waals surface area contributed by atoms with Gasteiger partial charge < -0.3 is 9.30 Å². The van der Waals surface area contributed by atoms with E-state index in [-0.39, 0.29) is 0 Å². The Bertz CT molecular complexity index is 4160. The number of para-hydroxylation sites is 3. The molecule has 0 amide bonds. The Morgan fingerprint density at radius 2 is 0.871 bits per heavy atom. The average Bonchev–Trinajstić information content (AvgIpc) is 4.11. The van der Waals surface area contributed by atoms with E-state index in [4.69, 9.17) is 14.7 Å². The third-order valence-corrected chi connectivity index (χ3v) is 16.0. The Balaban J connectivity index is 0.902. The van der Waals surface area contributed by atoms with Crippen molar-refractivity contribution < 1.29 is 4.74 Å². The molecule has 1 aliphatic heterocycles. The van der Waals surface area contributed by atoms with E-state index in [0.717, 1.165) is 73.1 Å². The Morgan fingerprint density at radius 3 is 1.59 bits per heavy atom. The summed E-state index contributed by atoms with van der Waals surface area (Å²) in [6, 6.07) is 82.3. The molecule has 0 bridgehead atoms. The second kappa shape index (κ2) is 13.7. The zero-order valence-electron chi connectivity index (χ0n) is 37.8. The highest BCUT2D eigenvalue weighted by Gasteiger charge is 2.56. The fourth-order valence-electron chi connectivity index (χ4n) is 13.2. The zero-order chi connectivity index (χ0) is 45.7. The summed E-state index contributed by atoms with van der Waals surface area (Å²) >= 11 is 0. The SMILES string of the molecule is c1cc(-c2cccc(-n3c4ccccc4c4ccccc43)c2)cc(-c2cnc3c(c2)C2(c4ccccc4Oc4cc5c(cc42)-c2ccccc2C52c4ccccc4-c4ccccc42)c2cccnc2-3)c1. The van der Waals surface area contributed by atoms with Crippen LogP contribution in [-0.2, 0) is 10.8 Å². The Hall–Kier alpha value is -9.12. The van der Waals surface area contributed by atoms with Gasteiger partial charge in [-0.1, -0.05) is 164 Å². The fourth-order valence-corrected chi connectivity index (χ4v) is 13.2. The van der Waals surface area contributed by atoms with E-state index >= 15 is 0 Å². The molecule has 4 heterocycles. The minimum atomic E-state index is -0.772. The first kappa shape index (κ1) is 37.9. The van der Waals surface area contributed by atoms with Gasteiger partial charge in [-0.3, -0.25) is 9.97 Å². The Labute approximate surface area is 404 Å². The van der Waals surface area contributed by atoms with Crippen molar-refractivity contribution in [1.29, 1.82) is 0 Å². The molecule has 4 heteroatoms. The van der Waals surface area contributed by atoms with Gasteiger partial charge in [-0.2, -0.15) is 0 Å². The molecule has 0 saturated carbocycles. The number of aromatic nitrogens is 3. The van der Waals surface area contributed by atoms with E-state index in [1.54, 1.807) is 0 Å². The van der Waals surface area contributed by atoms with Gasteiger partial charge in [-0.05, 0) is 127 Å². The van der Waals surface area contributed by atoms with Gasteiger partial charge in [0, 0.05) is 51.1 Å². The number of rotatable bonds is 3. The molecule has 3 aromatic heterocycles. The molecule has 16 rings (SSSR count). The van der Waals surface area contributed by atoms with Crippen molar-refractivity contribution in [3.63, 3.8) is 0 Å². The van der Waals surface area contributed by atoms with Gasteiger partial charge in [0.2, 0.25) is 0 Å². The van der Waals surface area contributed by atoms with Crippen molar-refractivity contribution >= 4 is 21.8 Å². The molecule has 4 aliphatic rings.